The number of ether oxygens (including phenoxy) is 1. The molecule has 4 nitrogen and oxygen atoms in total. The van der Waals surface area contributed by atoms with Crippen molar-refractivity contribution in [3.8, 4) is 0 Å². The summed E-state index contributed by atoms with van der Waals surface area (Å²) >= 11 is 5.65. The highest BCUT2D eigenvalue weighted by Gasteiger charge is 2.21. The Balaban J connectivity index is 4.19. The Morgan fingerprint density at radius 1 is 1.60 bits per heavy atom. The van der Waals surface area contributed by atoms with Gasteiger partial charge in [-0.2, -0.15) is 0 Å². The molecule has 0 aromatic heterocycles. The Kier molecular flexibility index (Phi) is 8.34. The van der Waals surface area contributed by atoms with Crippen LogP contribution in [0, 0.1) is 0 Å². The summed E-state index contributed by atoms with van der Waals surface area (Å²) in [6.45, 7) is 4.26. The molecule has 0 fully saturated rings. The molecule has 0 aromatic carbocycles. The Morgan fingerprint density at radius 3 is 2.60 bits per heavy atom. The number of halogens is 1. The molecule has 0 radical (unpaired) electrons. The average Bonchev–Trinajstić information content (AvgIpc) is 2.17. The molecule has 0 aliphatic carbocycles. The molecule has 0 heterocycles. The van der Waals surface area contributed by atoms with Gasteiger partial charge in [0.2, 0.25) is 0 Å². The first-order valence-corrected chi connectivity index (χ1v) is 7.20. The average molecular weight is 255 g/mol. The molecule has 90 valence electrons. The van der Waals surface area contributed by atoms with Crippen LogP contribution in [0.1, 0.15) is 13.3 Å². The van der Waals surface area contributed by atoms with Gasteiger partial charge in [-0.3, -0.25) is 14.6 Å². The quantitative estimate of drug-likeness (QED) is 0.426. The zero-order chi connectivity index (χ0) is 11.8. The summed E-state index contributed by atoms with van der Waals surface area (Å²) < 4.78 is 7.02. The van der Waals surface area contributed by atoms with Gasteiger partial charge in [-0.25, -0.2) is 0 Å². The summed E-state index contributed by atoms with van der Waals surface area (Å²) in [6, 6.07) is -0.291. The second kappa shape index (κ2) is 8.28. The van der Waals surface area contributed by atoms with Crippen LogP contribution < -0.4 is 5.09 Å². The minimum absolute atomic E-state index is 0.214. The third-order valence-corrected chi connectivity index (χ3v) is 4.02. The molecular formula is C9H20ClN2O2P. The van der Waals surface area contributed by atoms with Crippen molar-refractivity contribution < 1.29 is 9.53 Å². The van der Waals surface area contributed by atoms with Gasteiger partial charge in [-0.1, -0.05) is 0 Å². The summed E-state index contributed by atoms with van der Waals surface area (Å²) in [6.07, 6.45) is 0.598. The number of alkyl halides is 1. The van der Waals surface area contributed by atoms with E-state index in [1.54, 1.807) is 6.92 Å². The summed E-state index contributed by atoms with van der Waals surface area (Å²) in [5.74, 6) is 0.238. The van der Waals surface area contributed by atoms with Crippen LogP contribution in [0.5, 0.6) is 0 Å². The molecule has 0 aromatic rings. The zero-order valence-electron chi connectivity index (χ0n) is 9.79. The fourth-order valence-corrected chi connectivity index (χ4v) is 2.06. The fourth-order valence-electron chi connectivity index (χ4n) is 0.928. The second-order valence-electron chi connectivity index (χ2n) is 3.28. The highest BCUT2D eigenvalue weighted by atomic mass is 35.5. The van der Waals surface area contributed by atoms with Gasteiger partial charge in [0, 0.05) is 14.1 Å². The summed E-state index contributed by atoms with van der Waals surface area (Å²) in [4.78, 5) is 11.5. The van der Waals surface area contributed by atoms with Gasteiger partial charge in [0.05, 0.1) is 6.61 Å². The number of nitrogens with zero attached hydrogens (tertiary/aromatic N) is 1. The van der Waals surface area contributed by atoms with Crippen LogP contribution in [0.25, 0.3) is 0 Å². The Labute approximate surface area is 98.2 Å². The molecule has 6 heteroatoms. The van der Waals surface area contributed by atoms with Crippen molar-refractivity contribution >= 4 is 25.8 Å². The lowest BCUT2D eigenvalue weighted by Gasteiger charge is -2.25. The normalized spacial score (nSPS) is 15.1. The van der Waals surface area contributed by atoms with Crippen LogP contribution in [0.15, 0.2) is 0 Å². The van der Waals surface area contributed by atoms with Crippen molar-refractivity contribution in [2.24, 2.45) is 0 Å². The van der Waals surface area contributed by atoms with Crippen LogP contribution in [0.2, 0.25) is 0 Å². The van der Waals surface area contributed by atoms with Crippen molar-refractivity contribution in [3.63, 3.8) is 0 Å². The molecule has 0 amide bonds. The van der Waals surface area contributed by atoms with Gasteiger partial charge < -0.3 is 4.74 Å². The smallest absolute Gasteiger partial charge is 0.323 e. The third-order valence-electron chi connectivity index (χ3n) is 1.91. The molecule has 15 heavy (non-hydrogen) atoms. The van der Waals surface area contributed by atoms with E-state index in [4.69, 9.17) is 16.3 Å². The van der Waals surface area contributed by atoms with E-state index in [-0.39, 0.29) is 12.0 Å². The van der Waals surface area contributed by atoms with E-state index in [2.05, 4.69) is 16.4 Å². The van der Waals surface area contributed by atoms with Crippen LogP contribution in [-0.4, -0.2) is 49.9 Å². The third kappa shape index (κ3) is 6.31. The van der Waals surface area contributed by atoms with E-state index in [9.17, 15) is 4.79 Å². The number of hydrogen-bond donors (Lipinski definition) is 1. The summed E-state index contributed by atoms with van der Waals surface area (Å²) in [5.41, 5.74) is 0. The standard InChI is InChI=1S/C9H20ClN2O2P/c1-5-14-9(13)8(6-7-10)11-15(4)12(2)3/h8,11H,5-7H2,1-4H3. The van der Waals surface area contributed by atoms with E-state index in [0.29, 0.717) is 18.9 Å². The van der Waals surface area contributed by atoms with Crippen molar-refractivity contribution in [2.45, 2.75) is 19.4 Å². The van der Waals surface area contributed by atoms with Crippen molar-refractivity contribution in [2.75, 3.05) is 33.2 Å². The number of hydrogen-bond acceptors (Lipinski definition) is 4. The summed E-state index contributed by atoms with van der Waals surface area (Å²) in [5, 5.41) is 3.23. The predicted octanol–water partition coefficient (Wildman–Crippen LogP) is 1.64. The fraction of sp³-hybridized carbons (Fsp3) is 0.889. The zero-order valence-corrected chi connectivity index (χ0v) is 11.4. The number of nitrogens with one attached hydrogen (secondary N) is 1. The maximum atomic E-state index is 11.5. The van der Waals surface area contributed by atoms with Gasteiger partial charge >= 0.3 is 5.97 Å². The lowest BCUT2D eigenvalue weighted by Crippen LogP contribution is -2.37. The lowest BCUT2D eigenvalue weighted by molar-refractivity contribution is -0.145. The first kappa shape index (κ1) is 15.1. The molecule has 0 rings (SSSR count). The predicted molar refractivity (Wildman–Crippen MR) is 65.4 cm³/mol. The monoisotopic (exact) mass is 254 g/mol. The van der Waals surface area contributed by atoms with Gasteiger partial charge in [-0.05, 0) is 34.1 Å². The van der Waals surface area contributed by atoms with Gasteiger partial charge in [-0.15, -0.1) is 11.6 Å². The molecule has 2 unspecified atom stereocenters. The van der Waals surface area contributed by atoms with E-state index in [0.717, 1.165) is 0 Å². The Hall–Kier alpha value is 0.110. The number of esters is 1. The van der Waals surface area contributed by atoms with Gasteiger partial charge in [0.25, 0.3) is 0 Å². The second-order valence-corrected chi connectivity index (χ2v) is 5.77. The van der Waals surface area contributed by atoms with Crippen LogP contribution in [-0.2, 0) is 9.53 Å². The SMILES string of the molecule is CCOC(=O)C(CCCl)NP(C)N(C)C. The van der Waals surface area contributed by atoms with Crippen LogP contribution in [0.4, 0.5) is 0 Å². The Morgan fingerprint density at radius 2 is 2.20 bits per heavy atom. The first-order chi connectivity index (χ1) is 7.02. The number of carbonyl (C=O) groups is 1. The van der Waals surface area contributed by atoms with E-state index >= 15 is 0 Å². The topological polar surface area (TPSA) is 41.6 Å². The lowest BCUT2D eigenvalue weighted by atomic mass is 10.2. The van der Waals surface area contributed by atoms with Crippen LogP contribution >= 0.6 is 19.8 Å². The molecule has 0 aliphatic rings. The molecule has 0 spiro atoms. The largest absolute Gasteiger partial charge is 0.465 e. The molecule has 0 saturated heterocycles. The van der Waals surface area contributed by atoms with Crippen molar-refractivity contribution in [1.82, 2.24) is 9.76 Å². The molecular weight excluding hydrogens is 235 g/mol. The minimum atomic E-state index is -0.510. The molecule has 2 atom stereocenters. The van der Waals surface area contributed by atoms with E-state index in [1.165, 1.54) is 0 Å². The molecule has 0 bridgehead atoms. The van der Waals surface area contributed by atoms with Crippen molar-refractivity contribution in [3.05, 3.63) is 0 Å². The summed E-state index contributed by atoms with van der Waals surface area (Å²) in [7, 11) is 3.44. The molecule has 0 saturated carbocycles. The number of rotatable bonds is 7. The highest BCUT2D eigenvalue weighted by Crippen LogP contribution is 2.28. The van der Waals surface area contributed by atoms with Crippen LogP contribution in [0.3, 0.4) is 0 Å². The molecule has 0 aliphatic heterocycles. The van der Waals surface area contributed by atoms with Gasteiger partial charge in [0.15, 0.2) is 0 Å². The van der Waals surface area contributed by atoms with Gasteiger partial charge in [0.1, 0.15) is 6.04 Å². The maximum absolute atomic E-state index is 11.5. The molecule has 1 N–H and O–H groups in total. The van der Waals surface area contributed by atoms with Crippen molar-refractivity contribution in [1.29, 1.82) is 0 Å². The van der Waals surface area contributed by atoms with E-state index in [1.807, 2.05) is 14.1 Å². The maximum Gasteiger partial charge on any atom is 0.323 e. The highest BCUT2D eigenvalue weighted by molar-refractivity contribution is 7.52. The Bertz CT molecular complexity index is 193. The minimum Gasteiger partial charge on any atom is -0.465 e. The number of carbonyl (C=O) groups excluding carboxylic acids is 1. The van der Waals surface area contributed by atoms with E-state index < -0.39 is 8.22 Å². The first-order valence-electron chi connectivity index (χ1n) is 4.92.